The highest BCUT2D eigenvalue weighted by Crippen LogP contribution is 2.76. The topological polar surface area (TPSA) is 545 Å². The van der Waals surface area contributed by atoms with Gasteiger partial charge in [0.15, 0.2) is 43.7 Å². The second-order valence-electron chi connectivity index (χ2n) is 33.4. The molecule has 0 spiro atoms. The van der Waals surface area contributed by atoms with Gasteiger partial charge < -0.3 is 158 Å². The number of hydrogen-bond donors (Lipinski definition) is 18. The van der Waals surface area contributed by atoms with Crippen LogP contribution in [0.15, 0.2) is 42.0 Å². The molecule has 1 aromatic rings. The average molecular weight is 1560 g/mol. The molecule has 11 aliphatic rings. The van der Waals surface area contributed by atoms with Crippen LogP contribution in [0.2, 0.25) is 0 Å². The largest absolute Gasteiger partial charge is 0.497 e. The Kier molecular flexibility index (Phi) is 24.8. The summed E-state index contributed by atoms with van der Waals surface area (Å²) >= 11 is 0. The summed E-state index contributed by atoms with van der Waals surface area (Å²) in [5.74, 6) is -4.33. The van der Waals surface area contributed by atoms with E-state index in [1.54, 1.807) is 24.3 Å². The van der Waals surface area contributed by atoms with Gasteiger partial charge in [0.25, 0.3) is 0 Å². The molecule has 2 unspecified atom stereocenters. The molecule has 0 aromatic heterocycles. The number of ether oxygens (including phenoxy) is 14. The molecule has 10 fully saturated rings. The van der Waals surface area contributed by atoms with Crippen molar-refractivity contribution in [3.63, 3.8) is 0 Å². The number of benzene rings is 1. The predicted molar refractivity (Wildman–Crippen MR) is 364 cm³/mol. The fraction of sp³-hybridized carbons (Fsp3) is 0.824. The maximum Gasteiger partial charge on any atom is 0.331 e. The number of aliphatic hydroxyl groups is 17. The number of hydrogen-bond acceptors (Lipinski definition) is 34. The lowest BCUT2D eigenvalue weighted by Gasteiger charge is -2.71. The summed E-state index contributed by atoms with van der Waals surface area (Å²) in [5, 5.41) is 201. The van der Waals surface area contributed by atoms with E-state index in [0.29, 0.717) is 37.0 Å². The zero-order valence-corrected chi connectivity index (χ0v) is 62.0. The molecule has 12 rings (SSSR count). The first-order valence-corrected chi connectivity index (χ1v) is 37.5. The minimum absolute atomic E-state index is 0.0186. The SMILES string of the molecule is COc1ccc(/C=C\C(=O)O[C@@H]2[C@H](O)[C@@H](O[C@@H]3O[C@@H](C)[C@H](O[C@@H]4OC[C@@H](O[C@@H]5O[C@H](CO)[C@H](O)[C@H](O)[C@H]5O)[C@H](O)[C@H]4O)[C@@H](O[C@@H]4OCC(O)(CO)C4O)[C@H]3O)[C@H](OC(=O)[C@]34CCC(C)(C)C[C@H]3C3=CC[C@@H]5[C@@]6(C)C[C@H](O)[C@H](O[C@@H]7O[C@H](CO)[C@@H](O)[C@H](O)[C@H]7O)[C@@](C)(C(=O)O)[C@@H]6CC[C@@]5(C)[C@]3(CO)CC4)O[C@@H]2C)cc1. The summed E-state index contributed by atoms with van der Waals surface area (Å²) in [7, 11) is 1.49. The molecule has 37 atom stereocenters. The van der Waals surface area contributed by atoms with E-state index in [-0.39, 0.29) is 32.1 Å². The van der Waals surface area contributed by atoms with Gasteiger partial charge in [-0.2, -0.15) is 0 Å². The third-order valence-electron chi connectivity index (χ3n) is 26.7. The number of carboxylic acid groups (broad SMARTS) is 1. The summed E-state index contributed by atoms with van der Waals surface area (Å²) in [6, 6.07) is 6.67. The van der Waals surface area contributed by atoms with E-state index < -0.39 is 285 Å². The number of esters is 2. The monoisotopic (exact) mass is 1560 g/mol. The molecule has 35 heteroatoms. The van der Waals surface area contributed by atoms with Crippen LogP contribution in [0.1, 0.15) is 112 Å². The van der Waals surface area contributed by atoms with Gasteiger partial charge in [-0.1, -0.05) is 51.5 Å². The smallest absolute Gasteiger partial charge is 0.331 e. The number of fused-ring (bicyclic) bond motifs is 7. The maximum atomic E-state index is 16.2. The van der Waals surface area contributed by atoms with E-state index in [0.717, 1.165) is 11.6 Å². The van der Waals surface area contributed by atoms with Gasteiger partial charge in [-0.3, -0.25) is 9.59 Å². The van der Waals surface area contributed by atoms with Crippen LogP contribution < -0.4 is 4.74 Å². The lowest BCUT2D eigenvalue weighted by Crippen LogP contribution is -2.71. The third-order valence-corrected chi connectivity index (χ3v) is 26.7. The molecule has 6 saturated heterocycles. The van der Waals surface area contributed by atoms with Gasteiger partial charge in [0, 0.05) is 11.5 Å². The van der Waals surface area contributed by atoms with Crippen molar-refractivity contribution in [3.05, 3.63) is 47.6 Å². The van der Waals surface area contributed by atoms with Crippen molar-refractivity contribution in [2.75, 3.05) is 46.8 Å². The summed E-state index contributed by atoms with van der Waals surface area (Å²) in [6.07, 6.45) is -42.7. The molecule has 109 heavy (non-hydrogen) atoms. The number of allylic oxidation sites excluding steroid dienone is 1. The molecular weight excluding hydrogens is 1450 g/mol. The van der Waals surface area contributed by atoms with Gasteiger partial charge in [-0.05, 0) is 136 Å². The Labute approximate surface area is 628 Å². The molecule has 1 aromatic carbocycles. The van der Waals surface area contributed by atoms with Gasteiger partial charge in [-0.15, -0.1) is 0 Å². The van der Waals surface area contributed by atoms with Crippen molar-refractivity contribution in [2.24, 2.45) is 50.2 Å². The zero-order chi connectivity index (χ0) is 79.3. The van der Waals surface area contributed by atoms with Crippen LogP contribution in [-0.2, 0) is 76.0 Å². The van der Waals surface area contributed by atoms with Crippen molar-refractivity contribution in [1.82, 2.24) is 0 Å². The molecule has 18 N–H and O–H groups in total. The highest BCUT2D eigenvalue weighted by molar-refractivity contribution is 5.87. The lowest BCUT2D eigenvalue weighted by molar-refractivity contribution is -0.388. The molecular formula is C74H110O35. The molecule has 0 bridgehead atoms. The van der Waals surface area contributed by atoms with E-state index in [1.165, 1.54) is 34.0 Å². The Morgan fingerprint density at radius 2 is 1.16 bits per heavy atom. The van der Waals surface area contributed by atoms with Crippen molar-refractivity contribution in [1.29, 1.82) is 0 Å². The Hall–Kier alpha value is -4.21. The number of carboxylic acids is 1. The first-order chi connectivity index (χ1) is 51.4. The minimum Gasteiger partial charge on any atom is -0.497 e. The van der Waals surface area contributed by atoms with E-state index in [2.05, 4.69) is 20.8 Å². The molecule has 4 saturated carbocycles. The highest BCUT2D eigenvalue weighted by atomic mass is 16.8. The van der Waals surface area contributed by atoms with Crippen LogP contribution in [0.3, 0.4) is 0 Å². The van der Waals surface area contributed by atoms with E-state index in [9.17, 15) is 102 Å². The molecule has 0 radical (unpaired) electrons. The fourth-order valence-corrected chi connectivity index (χ4v) is 20.2. The fourth-order valence-electron chi connectivity index (χ4n) is 20.2. The summed E-state index contributed by atoms with van der Waals surface area (Å²) in [6.45, 7) is 8.13. The van der Waals surface area contributed by atoms with Crippen LogP contribution >= 0.6 is 0 Å². The second-order valence-corrected chi connectivity index (χ2v) is 33.4. The van der Waals surface area contributed by atoms with Gasteiger partial charge in [0.2, 0.25) is 6.29 Å². The average Bonchev–Trinajstić information content (AvgIpc) is 0.674. The number of aliphatic hydroxyl groups excluding tert-OH is 16. The first kappa shape index (κ1) is 84.2. The third kappa shape index (κ3) is 14.8. The van der Waals surface area contributed by atoms with Crippen LogP contribution in [0.5, 0.6) is 5.75 Å². The van der Waals surface area contributed by atoms with Gasteiger partial charge in [0.05, 0.1) is 75.9 Å². The van der Waals surface area contributed by atoms with Gasteiger partial charge in [0.1, 0.15) is 115 Å². The maximum absolute atomic E-state index is 16.2. The highest BCUT2D eigenvalue weighted by Gasteiger charge is 2.74. The van der Waals surface area contributed by atoms with Crippen LogP contribution in [0, 0.1) is 50.2 Å². The Bertz CT molecular complexity index is 3400. The molecule has 6 aliphatic heterocycles. The molecule has 616 valence electrons. The van der Waals surface area contributed by atoms with Crippen molar-refractivity contribution < 1.29 is 173 Å². The minimum atomic E-state index is -2.30. The van der Waals surface area contributed by atoms with E-state index in [1.807, 2.05) is 13.0 Å². The van der Waals surface area contributed by atoms with Crippen LogP contribution in [0.4, 0.5) is 0 Å². The zero-order valence-electron chi connectivity index (χ0n) is 62.0. The molecule has 6 heterocycles. The number of aliphatic carboxylic acids is 1. The molecule has 0 amide bonds. The number of methoxy groups -OCH3 is 1. The van der Waals surface area contributed by atoms with Gasteiger partial charge in [-0.25, -0.2) is 4.79 Å². The van der Waals surface area contributed by atoms with Crippen molar-refractivity contribution >= 4 is 24.0 Å². The number of carbonyl (C=O) groups excluding carboxylic acids is 2. The first-order valence-electron chi connectivity index (χ1n) is 37.5. The molecule has 35 nitrogen and oxygen atoms in total. The number of carbonyl (C=O) groups is 3. The van der Waals surface area contributed by atoms with Crippen LogP contribution in [0.25, 0.3) is 6.08 Å². The Morgan fingerprint density at radius 1 is 0.569 bits per heavy atom. The lowest BCUT2D eigenvalue weighted by atomic mass is 9.33. The predicted octanol–water partition coefficient (Wildman–Crippen LogP) is -3.77. The Morgan fingerprint density at radius 3 is 1.76 bits per heavy atom. The summed E-state index contributed by atoms with van der Waals surface area (Å²) in [5.41, 5.74) is -7.53. The van der Waals surface area contributed by atoms with Gasteiger partial charge >= 0.3 is 17.9 Å². The van der Waals surface area contributed by atoms with E-state index in [4.69, 9.17) is 66.3 Å². The summed E-state index contributed by atoms with van der Waals surface area (Å²) < 4.78 is 84.2. The normalized spacial score (nSPS) is 49.8. The van der Waals surface area contributed by atoms with Crippen LogP contribution in [-0.4, -0.2) is 334 Å². The number of rotatable bonds is 21. The Balaban J connectivity index is 0.837. The molecule has 5 aliphatic carbocycles. The van der Waals surface area contributed by atoms with Crippen molar-refractivity contribution in [2.45, 2.75) is 284 Å². The quantitative estimate of drug-likeness (QED) is 0.0243. The van der Waals surface area contributed by atoms with Crippen molar-refractivity contribution in [3.8, 4) is 5.75 Å². The standard InChI is InChI=1S/C74H110O35/c1-31-54(104-43(80)16-11-33-9-12-34(96-8)13-10-33)52(89)57(107-63-53(90)56(106-65-58(91)74(95,29-78)30-98-65)55(32(2)99-63)105-60-49(86)46(83)40(27-97-60)103-61-50(87)47(84)44(81)38(25-75)101-61)64(100-31)109-67(94)72-20-19-68(3,4)23-36(72)35-14-15-41-69(5)24-37(79)59(108-62-51(88)48(85)45(82)39(26-76)102-62)71(7,66(92)93)42(69)17-18-70(41,6)73(35,28-77)22-21-72/h9-14,16,31-32,36-42,44-65,75-79,81-91,95H,15,17-30H2,1-8H3,(H,92,93)/b16-11-/t31-,32+,36+,37+,38-,39-,40-,41-,42-,44+,45-,46+,47+,48+,49-,50-,51-,52+,53-,54+,55+,56+,57-,58?,59+,60+,61+,62+,63+,64+,65+,69-,70-,71+,72+,73+,74?/m1/s1. The summed E-state index contributed by atoms with van der Waals surface area (Å²) in [4.78, 5) is 44.0. The second kappa shape index (κ2) is 32.1. The van der Waals surface area contributed by atoms with E-state index >= 15 is 4.79 Å².